The van der Waals surface area contributed by atoms with Gasteiger partial charge in [-0.2, -0.15) is 0 Å². The fraction of sp³-hybridized carbons (Fsp3) is 0.467. The second kappa shape index (κ2) is 4.91. The maximum atomic E-state index is 12.7. The van der Waals surface area contributed by atoms with Crippen LogP contribution in [0.1, 0.15) is 24.8 Å². The van der Waals surface area contributed by atoms with E-state index < -0.39 is 5.54 Å². The number of carbonyl (C=O) groups excluding carboxylic acids is 1. The van der Waals surface area contributed by atoms with E-state index in [4.69, 9.17) is 17.0 Å². The first-order valence-electron chi connectivity index (χ1n) is 7.36. The van der Waals surface area contributed by atoms with Crippen molar-refractivity contribution in [3.63, 3.8) is 0 Å². The fourth-order valence-corrected chi connectivity index (χ4v) is 4.37. The number of rotatable bonds is 0. The summed E-state index contributed by atoms with van der Waals surface area (Å²) in [4.78, 5) is 12.7. The topological polar surface area (TPSA) is 62.4 Å². The molecule has 4 rings (SSSR count). The SMILES string of the molecule is O=C1NC(=S)NC12CC1(CCNCC1)Oc1ccc(Br)cc12. The Morgan fingerprint density at radius 1 is 1.27 bits per heavy atom. The van der Waals surface area contributed by atoms with Crippen LogP contribution in [-0.2, 0) is 10.3 Å². The van der Waals surface area contributed by atoms with Crippen LogP contribution in [0.4, 0.5) is 0 Å². The summed E-state index contributed by atoms with van der Waals surface area (Å²) in [7, 11) is 0. The Hall–Kier alpha value is -1.18. The van der Waals surface area contributed by atoms with Crippen molar-refractivity contribution in [2.24, 2.45) is 0 Å². The predicted molar refractivity (Wildman–Crippen MR) is 89.8 cm³/mol. The quantitative estimate of drug-likeness (QED) is 0.595. The summed E-state index contributed by atoms with van der Waals surface area (Å²) in [6, 6.07) is 5.82. The van der Waals surface area contributed by atoms with E-state index in [1.165, 1.54) is 0 Å². The van der Waals surface area contributed by atoms with Crippen LogP contribution >= 0.6 is 28.1 Å². The van der Waals surface area contributed by atoms with Crippen molar-refractivity contribution in [1.82, 2.24) is 16.0 Å². The van der Waals surface area contributed by atoms with E-state index in [2.05, 4.69) is 31.9 Å². The van der Waals surface area contributed by atoms with Gasteiger partial charge in [-0.1, -0.05) is 15.9 Å². The maximum Gasteiger partial charge on any atom is 0.256 e. The number of fused-ring (bicyclic) bond motifs is 2. The van der Waals surface area contributed by atoms with Crippen molar-refractivity contribution < 1.29 is 9.53 Å². The minimum absolute atomic E-state index is 0.0851. The number of nitrogens with one attached hydrogen (secondary N) is 3. The average molecular weight is 382 g/mol. The number of hydrogen-bond donors (Lipinski definition) is 3. The second-order valence-corrected chi connectivity index (χ2v) is 7.49. The van der Waals surface area contributed by atoms with Crippen molar-refractivity contribution in [3.8, 4) is 5.75 Å². The Morgan fingerprint density at radius 2 is 2.05 bits per heavy atom. The first-order valence-corrected chi connectivity index (χ1v) is 8.57. The minimum Gasteiger partial charge on any atom is -0.487 e. The molecule has 2 fully saturated rings. The van der Waals surface area contributed by atoms with Crippen molar-refractivity contribution in [2.45, 2.75) is 30.4 Å². The van der Waals surface area contributed by atoms with Gasteiger partial charge >= 0.3 is 0 Å². The lowest BCUT2D eigenvalue weighted by Gasteiger charge is -2.47. The number of carbonyl (C=O) groups is 1. The zero-order valence-corrected chi connectivity index (χ0v) is 14.3. The van der Waals surface area contributed by atoms with Gasteiger partial charge in [-0.3, -0.25) is 4.79 Å². The molecule has 2 saturated heterocycles. The third kappa shape index (κ3) is 2.06. The smallest absolute Gasteiger partial charge is 0.256 e. The molecule has 1 unspecified atom stereocenters. The molecule has 116 valence electrons. The molecule has 1 aromatic carbocycles. The molecule has 3 heterocycles. The molecule has 5 nitrogen and oxygen atoms in total. The molecule has 1 atom stereocenters. The summed E-state index contributed by atoms with van der Waals surface area (Å²) < 4.78 is 7.28. The van der Waals surface area contributed by atoms with E-state index in [0.29, 0.717) is 11.5 Å². The van der Waals surface area contributed by atoms with Crippen LogP contribution < -0.4 is 20.7 Å². The Labute approximate surface area is 142 Å². The number of ether oxygens (including phenoxy) is 1. The van der Waals surface area contributed by atoms with E-state index in [0.717, 1.165) is 41.7 Å². The lowest BCUT2D eigenvalue weighted by molar-refractivity contribution is -0.128. The van der Waals surface area contributed by atoms with Crippen molar-refractivity contribution >= 4 is 39.2 Å². The standard InChI is InChI=1S/C15H16BrN3O2S/c16-9-1-2-11-10(7-9)15(12(20)18-13(22)19-15)8-14(21-11)3-5-17-6-4-14/h1-2,7,17H,3-6,8H2,(H2,18,19,20,22). The van der Waals surface area contributed by atoms with Gasteiger partial charge in [-0.05, 0) is 56.3 Å². The van der Waals surface area contributed by atoms with Crippen molar-refractivity contribution in [2.75, 3.05) is 13.1 Å². The van der Waals surface area contributed by atoms with Crippen LogP contribution in [-0.4, -0.2) is 29.7 Å². The van der Waals surface area contributed by atoms with Crippen LogP contribution in [0.5, 0.6) is 5.75 Å². The summed E-state index contributed by atoms with van der Waals surface area (Å²) in [6.07, 6.45) is 2.36. The summed E-state index contributed by atoms with van der Waals surface area (Å²) >= 11 is 8.68. The van der Waals surface area contributed by atoms with Gasteiger partial charge in [0.25, 0.3) is 5.91 Å². The Morgan fingerprint density at radius 3 is 2.73 bits per heavy atom. The molecule has 3 aliphatic heterocycles. The molecule has 7 heteroatoms. The van der Waals surface area contributed by atoms with E-state index in [1.807, 2.05) is 18.2 Å². The molecular formula is C15H16BrN3O2S. The van der Waals surface area contributed by atoms with Crippen LogP contribution in [0.15, 0.2) is 22.7 Å². The van der Waals surface area contributed by atoms with Crippen LogP contribution in [0, 0.1) is 0 Å². The molecular weight excluding hydrogens is 366 g/mol. The van der Waals surface area contributed by atoms with Crippen LogP contribution in [0.3, 0.4) is 0 Å². The highest BCUT2D eigenvalue weighted by Gasteiger charge is 2.57. The van der Waals surface area contributed by atoms with Gasteiger partial charge in [0.2, 0.25) is 0 Å². The summed E-state index contributed by atoms with van der Waals surface area (Å²) in [5, 5.41) is 9.72. The molecule has 22 heavy (non-hydrogen) atoms. The van der Waals surface area contributed by atoms with Gasteiger partial charge in [-0.25, -0.2) is 0 Å². The number of benzene rings is 1. The van der Waals surface area contributed by atoms with E-state index in [1.54, 1.807) is 0 Å². The van der Waals surface area contributed by atoms with Gasteiger partial charge in [0.1, 0.15) is 11.4 Å². The molecule has 1 aromatic rings. The lowest BCUT2D eigenvalue weighted by Crippen LogP contribution is -2.58. The highest BCUT2D eigenvalue weighted by atomic mass is 79.9. The highest BCUT2D eigenvalue weighted by Crippen LogP contribution is 2.48. The monoisotopic (exact) mass is 381 g/mol. The Kier molecular flexibility index (Phi) is 3.22. The molecule has 2 spiro atoms. The van der Waals surface area contributed by atoms with Gasteiger partial charge in [-0.15, -0.1) is 0 Å². The largest absolute Gasteiger partial charge is 0.487 e. The number of piperidine rings is 1. The van der Waals surface area contributed by atoms with Crippen molar-refractivity contribution in [1.29, 1.82) is 0 Å². The first-order chi connectivity index (χ1) is 10.5. The minimum atomic E-state index is -0.828. The summed E-state index contributed by atoms with van der Waals surface area (Å²) in [5.74, 6) is 0.682. The molecule has 0 saturated carbocycles. The lowest BCUT2D eigenvalue weighted by atomic mass is 9.73. The van der Waals surface area contributed by atoms with Gasteiger partial charge in [0, 0.05) is 16.5 Å². The third-order valence-corrected chi connectivity index (χ3v) is 5.47. The van der Waals surface area contributed by atoms with Gasteiger partial charge < -0.3 is 20.7 Å². The zero-order chi connectivity index (χ0) is 15.4. The molecule has 3 aliphatic rings. The number of amides is 1. The molecule has 0 radical (unpaired) electrons. The number of hydrogen-bond acceptors (Lipinski definition) is 4. The third-order valence-electron chi connectivity index (χ3n) is 4.77. The van der Waals surface area contributed by atoms with E-state index in [9.17, 15) is 4.79 Å². The zero-order valence-electron chi connectivity index (χ0n) is 11.9. The van der Waals surface area contributed by atoms with Crippen LogP contribution in [0.2, 0.25) is 0 Å². The molecule has 0 bridgehead atoms. The van der Waals surface area contributed by atoms with Gasteiger partial charge in [0.05, 0.1) is 0 Å². The predicted octanol–water partition coefficient (Wildman–Crippen LogP) is 1.55. The maximum absolute atomic E-state index is 12.7. The second-order valence-electron chi connectivity index (χ2n) is 6.17. The summed E-state index contributed by atoms with van der Waals surface area (Å²) in [6.45, 7) is 1.79. The fourth-order valence-electron chi connectivity index (χ4n) is 3.74. The van der Waals surface area contributed by atoms with Gasteiger partial charge in [0.15, 0.2) is 10.7 Å². The number of halogens is 1. The number of thiocarbonyl (C=S) groups is 1. The van der Waals surface area contributed by atoms with Crippen molar-refractivity contribution in [3.05, 3.63) is 28.2 Å². The van der Waals surface area contributed by atoms with E-state index in [-0.39, 0.29) is 11.5 Å². The molecule has 0 aromatic heterocycles. The Bertz CT molecular complexity index is 675. The van der Waals surface area contributed by atoms with Crippen LogP contribution in [0.25, 0.3) is 0 Å². The summed E-state index contributed by atoms with van der Waals surface area (Å²) in [5.41, 5.74) is -0.300. The highest BCUT2D eigenvalue weighted by molar-refractivity contribution is 9.10. The first kappa shape index (κ1) is 14.4. The Balaban J connectivity index is 1.87. The normalized spacial score (nSPS) is 29.0. The molecule has 3 N–H and O–H groups in total. The average Bonchev–Trinajstić information content (AvgIpc) is 2.75. The molecule has 0 aliphatic carbocycles. The molecule has 1 amide bonds. The van der Waals surface area contributed by atoms with E-state index >= 15 is 0 Å².